The van der Waals surface area contributed by atoms with Gasteiger partial charge in [-0.2, -0.15) is 0 Å². The second kappa shape index (κ2) is 6.75. The molecule has 0 saturated heterocycles. The predicted octanol–water partition coefficient (Wildman–Crippen LogP) is 1.87. The third-order valence-corrected chi connectivity index (χ3v) is 2.35. The molecule has 0 radical (unpaired) electrons. The normalized spacial score (nSPS) is 11.9. The van der Waals surface area contributed by atoms with Gasteiger partial charge in [0.05, 0.1) is 23.2 Å². The first-order valence-corrected chi connectivity index (χ1v) is 5.73. The van der Waals surface area contributed by atoms with Crippen molar-refractivity contribution >= 4 is 17.3 Å². The lowest BCUT2D eigenvalue weighted by molar-refractivity contribution is -0.384. The number of hydrogen-bond donors (Lipinski definition) is 2. The minimum atomic E-state index is -0.437. The summed E-state index contributed by atoms with van der Waals surface area (Å²) >= 11 is 0. The fourth-order valence-electron chi connectivity index (χ4n) is 1.32. The van der Waals surface area contributed by atoms with Gasteiger partial charge in [-0.05, 0) is 13.8 Å². The number of nitro groups is 1. The first kappa shape index (κ1) is 14.2. The Balaban J connectivity index is 2.85. The van der Waals surface area contributed by atoms with Gasteiger partial charge < -0.3 is 15.4 Å². The topological polar surface area (TPSA) is 89.3 Å². The van der Waals surface area contributed by atoms with Crippen LogP contribution in [-0.4, -0.2) is 36.2 Å². The number of nitrogens with zero attached hydrogens (tertiary/aromatic N) is 2. The lowest BCUT2D eigenvalue weighted by atomic mass is 10.3. The van der Waals surface area contributed by atoms with Crippen molar-refractivity contribution in [2.75, 3.05) is 30.8 Å². The Kier molecular flexibility index (Phi) is 5.31. The van der Waals surface area contributed by atoms with Gasteiger partial charge in [0.2, 0.25) is 0 Å². The largest absolute Gasteiger partial charge is 0.380 e. The Hall–Kier alpha value is -1.89. The van der Waals surface area contributed by atoms with Crippen LogP contribution in [0.4, 0.5) is 17.3 Å². The van der Waals surface area contributed by atoms with E-state index >= 15 is 0 Å². The van der Waals surface area contributed by atoms with Crippen LogP contribution in [0.5, 0.6) is 0 Å². The molecule has 0 spiro atoms. The fraction of sp³-hybridized carbons (Fsp3) is 0.545. The zero-order valence-corrected chi connectivity index (χ0v) is 10.8. The number of pyridine rings is 1. The van der Waals surface area contributed by atoms with Crippen LogP contribution < -0.4 is 10.6 Å². The van der Waals surface area contributed by atoms with Crippen LogP contribution in [0.3, 0.4) is 0 Å². The average Bonchev–Trinajstić information content (AvgIpc) is 2.36. The standard InChI is InChI=1S/C11H18N4O3/c1-4-12-10-5-9(15(16)17)6-11(14-10)13-7-8(2)18-3/h5-6,8H,4,7H2,1-3H3,(H2,12,13,14). The van der Waals surface area contributed by atoms with E-state index in [0.717, 1.165) is 0 Å². The summed E-state index contributed by atoms with van der Waals surface area (Å²) in [6.07, 6.45) is 0.00801. The van der Waals surface area contributed by atoms with Crippen molar-refractivity contribution in [2.24, 2.45) is 0 Å². The van der Waals surface area contributed by atoms with Crippen LogP contribution in [0.2, 0.25) is 0 Å². The number of aromatic nitrogens is 1. The van der Waals surface area contributed by atoms with Crippen molar-refractivity contribution in [1.82, 2.24) is 4.98 Å². The summed E-state index contributed by atoms with van der Waals surface area (Å²) < 4.78 is 5.09. The van der Waals surface area contributed by atoms with Crippen molar-refractivity contribution in [3.8, 4) is 0 Å². The highest BCUT2D eigenvalue weighted by molar-refractivity contribution is 5.54. The molecule has 1 unspecified atom stereocenters. The predicted molar refractivity (Wildman–Crippen MR) is 70.0 cm³/mol. The Bertz CT molecular complexity index is 411. The van der Waals surface area contributed by atoms with E-state index in [9.17, 15) is 10.1 Å². The molecule has 1 rings (SSSR count). The number of nitrogens with one attached hydrogen (secondary N) is 2. The summed E-state index contributed by atoms with van der Waals surface area (Å²) in [7, 11) is 1.61. The Morgan fingerprint density at radius 2 is 2.06 bits per heavy atom. The Morgan fingerprint density at radius 3 is 2.56 bits per heavy atom. The first-order chi connectivity index (χ1) is 8.56. The van der Waals surface area contributed by atoms with E-state index in [0.29, 0.717) is 24.7 Å². The molecular weight excluding hydrogens is 236 g/mol. The molecule has 18 heavy (non-hydrogen) atoms. The van der Waals surface area contributed by atoms with Crippen molar-refractivity contribution < 1.29 is 9.66 Å². The van der Waals surface area contributed by atoms with Crippen LogP contribution in [0, 0.1) is 10.1 Å². The van der Waals surface area contributed by atoms with Crippen LogP contribution in [0.15, 0.2) is 12.1 Å². The van der Waals surface area contributed by atoms with E-state index in [4.69, 9.17) is 4.74 Å². The van der Waals surface area contributed by atoms with Gasteiger partial charge in [0.1, 0.15) is 11.6 Å². The molecule has 2 N–H and O–H groups in total. The minimum Gasteiger partial charge on any atom is -0.380 e. The van der Waals surface area contributed by atoms with Crippen LogP contribution in [0.25, 0.3) is 0 Å². The third-order valence-electron chi connectivity index (χ3n) is 2.35. The second-order valence-electron chi connectivity index (χ2n) is 3.81. The quantitative estimate of drug-likeness (QED) is 0.570. The first-order valence-electron chi connectivity index (χ1n) is 5.73. The van der Waals surface area contributed by atoms with E-state index in [1.165, 1.54) is 12.1 Å². The maximum Gasteiger partial charge on any atom is 0.276 e. The highest BCUT2D eigenvalue weighted by Gasteiger charge is 2.11. The molecule has 100 valence electrons. The van der Waals surface area contributed by atoms with Gasteiger partial charge in [-0.25, -0.2) is 4.98 Å². The van der Waals surface area contributed by atoms with Crippen LogP contribution in [0.1, 0.15) is 13.8 Å². The van der Waals surface area contributed by atoms with E-state index in [2.05, 4.69) is 15.6 Å². The van der Waals surface area contributed by atoms with Crippen LogP contribution in [-0.2, 0) is 4.74 Å². The molecule has 0 bridgehead atoms. The molecule has 0 aliphatic heterocycles. The monoisotopic (exact) mass is 254 g/mol. The summed E-state index contributed by atoms with van der Waals surface area (Å²) in [5, 5.41) is 16.8. The second-order valence-corrected chi connectivity index (χ2v) is 3.81. The number of hydrogen-bond acceptors (Lipinski definition) is 6. The van der Waals surface area contributed by atoms with Crippen molar-refractivity contribution in [1.29, 1.82) is 0 Å². The maximum atomic E-state index is 10.8. The number of rotatable bonds is 7. The van der Waals surface area contributed by atoms with Gasteiger partial charge in [-0.3, -0.25) is 10.1 Å². The lowest BCUT2D eigenvalue weighted by Gasteiger charge is -2.12. The highest BCUT2D eigenvalue weighted by Crippen LogP contribution is 2.20. The SMILES string of the molecule is CCNc1cc([N+](=O)[O-])cc(NCC(C)OC)n1. The molecule has 0 aromatic carbocycles. The third kappa shape index (κ3) is 4.17. The highest BCUT2D eigenvalue weighted by atomic mass is 16.6. The maximum absolute atomic E-state index is 10.8. The minimum absolute atomic E-state index is 0.00789. The summed E-state index contributed by atoms with van der Waals surface area (Å²) in [6.45, 7) is 4.99. The van der Waals surface area contributed by atoms with Gasteiger partial charge in [0.25, 0.3) is 5.69 Å². The molecule has 7 nitrogen and oxygen atoms in total. The van der Waals surface area contributed by atoms with E-state index < -0.39 is 4.92 Å². The lowest BCUT2D eigenvalue weighted by Crippen LogP contribution is -2.19. The summed E-state index contributed by atoms with van der Waals surface area (Å²) in [5.74, 6) is 0.948. The molecule has 0 fully saturated rings. The molecule has 7 heteroatoms. The Morgan fingerprint density at radius 1 is 1.44 bits per heavy atom. The van der Waals surface area contributed by atoms with Gasteiger partial charge in [0.15, 0.2) is 0 Å². The number of ether oxygens (including phenoxy) is 1. The fourth-order valence-corrected chi connectivity index (χ4v) is 1.32. The van der Waals surface area contributed by atoms with Crippen molar-refractivity contribution in [3.63, 3.8) is 0 Å². The molecule has 1 atom stereocenters. The zero-order chi connectivity index (χ0) is 13.5. The van der Waals surface area contributed by atoms with E-state index in [1.54, 1.807) is 7.11 Å². The molecule has 1 heterocycles. The van der Waals surface area contributed by atoms with Crippen molar-refractivity contribution in [2.45, 2.75) is 20.0 Å². The summed E-state index contributed by atoms with van der Waals surface area (Å²) in [6, 6.07) is 2.82. The van der Waals surface area contributed by atoms with Gasteiger partial charge >= 0.3 is 0 Å². The molecule has 1 aromatic rings. The Labute approximate surface area is 106 Å². The van der Waals surface area contributed by atoms with Crippen LogP contribution >= 0.6 is 0 Å². The molecular formula is C11H18N4O3. The van der Waals surface area contributed by atoms with E-state index in [1.807, 2.05) is 13.8 Å². The molecule has 0 saturated carbocycles. The molecule has 0 aliphatic rings. The van der Waals surface area contributed by atoms with Gasteiger partial charge in [0, 0.05) is 20.2 Å². The molecule has 1 aromatic heterocycles. The summed E-state index contributed by atoms with van der Waals surface area (Å²) in [5.41, 5.74) is 0.00789. The smallest absolute Gasteiger partial charge is 0.276 e. The molecule has 0 amide bonds. The van der Waals surface area contributed by atoms with Gasteiger partial charge in [-0.1, -0.05) is 0 Å². The van der Waals surface area contributed by atoms with Crippen molar-refractivity contribution in [3.05, 3.63) is 22.2 Å². The zero-order valence-electron chi connectivity index (χ0n) is 10.8. The number of methoxy groups -OCH3 is 1. The molecule has 0 aliphatic carbocycles. The van der Waals surface area contributed by atoms with Gasteiger partial charge in [-0.15, -0.1) is 0 Å². The van der Waals surface area contributed by atoms with E-state index in [-0.39, 0.29) is 11.8 Å². The number of anilines is 2. The summed E-state index contributed by atoms with van der Waals surface area (Å²) in [4.78, 5) is 14.6. The average molecular weight is 254 g/mol.